The summed E-state index contributed by atoms with van der Waals surface area (Å²) < 4.78 is 139. The maximum Gasteiger partial charge on any atom is 0.218 e. The molecule has 3 saturated carbocycles. The van der Waals surface area contributed by atoms with E-state index in [0.717, 1.165) is 89.4 Å². The number of benzene rings is 3. The van der Waals surface area contributed by atoms with Gasteiger partial charge in [-0.15, -0.1) is 25.5 Å². The molecule has 0 aliphatic heterocycles. The lowest BCUT2D eigenvalue weighted by Crippen LogP contribution is -2.38. The number of nitrogens with zero attached hydrogens (tertiary/aromatic N) is 18. The minimum atomic E-state index is -3.48. The predicted octanol–water partition coefficient (Wildman–Crippen LogP) is 13.6. The van der Waals surface area contributed by atoms with Gasteiger partial charge in [-0.1, -0.05) is 65.8 Å². The molecule has 0 saturated heterocycles. The lowest BCUT2D eigenvalue weighted by Gasteiger charge is -2.37. The molecule has 9 aromatic heterocycles. The summed E-state index contributed by atoms with van der Waals surface area (Å²) in [5, 5.41) is 42.5. The fourth-order valence-corrected chi connectivity index (χ4v) is 22.0. The van der Waals surface area contributed by atoms with Crippen molar-refractivity contribution in [2.45, 2.75) is 152 Å². The SMILES string of the molecule is C=S(C)(=O)CCc1nc(-c2nccc([C@@]34CC[C@@H](c5cc(-c6c(F)cccc6F)nnc53)C4(C)C)n2)n[nH]1.C=S(C)(=O)Cn1cc(-c2nccc([C@@]34CC[C@@H](c5cc(-c6c(F)cccc6F)nnc53)C4(C)C)n2)cn1.CC(=O)CCCS(=O)(=O)Cc1ncn(-c2cccc([C@@]34CC[C@@H](c5cc(-c6c(F)cccc6F)nnc53)C4(C)C)n2)n1. The molecule has 18 rings (SSSR count). The van der Waals surface area contributed by atoms with E-state index in [1.54, 1.807) is 66.2 Å². The van der Waals surface area contributed by atoms with Crippen LogP contribution in [0.1, 0.15) is 180 Å². The highest BCUT2D eigenvalue weighted by Gasteiger charge is 2.68. The van der Waals surface area contributed by atoms with Crippen molar-refractivity contribution < 1.29 is 48.0 Å². The van der Waals surface area contributed by atoms with E-state index in [2.05, 4.69) is 124 Å². The van der Waals surface area contributed by atoms with Crippen LogP contribution in [0.15, 0.2) is 134 Å². The molecule has 0 radical (unpaired) electrons. The Morgan fingerprint density at radius 1 is 0.538 bits per heavy atom. The first-order valence-corrected chi connectivity index (χ1v) is 44.7. The maximum atomic E-state index is 14.6. The molecular weight excluding hydrogens is 1570 g/mol. The Morgan fingerprint density at radius 2 is 0.983 bits per heavy atom. The van der Waals surface area contributed by atoms with Crippen LogP contribution < -0.4 is 0 Å². The highest BCUT2D eigenvalue weighted by atomic mass is 32.2. The van der Waals surface area contributed by atoms with Crippen LogP contribution in [0.5, 0.6) is 0 Å². The molecule has 0 amide bonds. The van der Waals surface area contributed by atoms with Gasteiger partial charge in [0.2, 0.25) is 5.82 Å². The van der Waals surface area contributed by atoms with Crippen LogP contribution in [0.25, 0.3) is 62.6 Å². The maximum absolute atomic E-state index is 14.6. The van der Waals surface area contributed by atoms with Gasteiger partial charge in [-0.25, -0.2) is 74.3 Å². The molecule has 117 heavy (non-hydrogen) atoms. The van der Waals surface area contributed by atoms with Crippen LogP contribution in [-0.2, 0) is 68.0 Å². The van der Waals surface area contributed by atoms with Gasteiger partial charge in [-0.2, -0.15) is 20.4 Å². The third-order valence-electron chi connectivity index (χ3n) is 25.1. The minimum Gasteiger partial charge on any atom is -0.300 e. The van der Waals surface area contributed by atoms with E-state index >= 15 is 0 Å². The second kappa shape index (κ2) is 29.2. The molecule has 3 fully saturated rings. The first-order valence-electron chi connectivity index (χ1n) is 38.2. The van der Waals surface area contributed by atoms with Gasteiger partial charge in [0.05, 0.1) is 102 Å². The largest absolute Gasteiger partial charge is 0.300 e. The number of sulfone groups is 1. The van der Waals surface area contributed by atoms with Gasteiger partial charge in [0.1, 0.15) is 64.5 Å². The molecule has 0 spiro atoms. The molecule has 6 bridgehead atoms. The summed E-state index contributed by atoms with van der Waals surface area (Å²) in [6.45, 7) is 14.5. The Morgan fingerprint density at radius 3 is 1.44 bits per heavy atom. The van der Waals surface area contributed by atoms with Crippen molar-refractivity contribution in [2.24, 2.45) is 16.2 Å². The van der Waals surface area contributed by atoms with Crippen molar-refractivity contribution in [1.29, 1.82) is 0 Å². The van der Waals surface area contributed by atoms with Gasteiger partial charge in [-0.3, -0.25) is 18.2 Å². The van der Waals surface area contributed by atoms with Gasteiger partial charge < -0.3 is 4.79 Å². The molecule has 6 aliphatic rings. The molecular formula is C84H83F6N19O5S3. The van der Waals surface area contributed by atoms with E-state index in [-0.39, 0.29) is 110 Å². The first-order chi connectivity index (χ1) is 55.4. The van der Waals surface area contributed by atoms with Crippen LogP contribution in [0, 0.1) is 51.1 Å². The number of aromatic amines is 1. The number of H-pyrrole nitrogens is 1. The summed E-state index contributed by atoms with van der Waals surface area (Å²) in [5.41, 5.74) is 5.78. The number of carbonyl (C=O) groups is 1. The smallest absolute Gasteiger partial charge is 0.218 e. The molecule has 9 heterocycles. The molecule has 604 valence electrons. The third-order valence-corrected chi connectivity index (χ3v) is 28.6. The van der Waals surface area contributed by atoms with Gasteiger partial charge in [0, 0.05) is 49.7 Å². The van der Waals surface area contributed by atoms with Gasteiger partial charge in [0.25, 0.3) is 0 Å². The van der Waals surface area contributed by atoms with Crippen LogP contribution >= 0.6 is 0 Å². The van der Waals surface area contributed by atoms with E-state index in [1.165, 1.54) is 72.5 Å². The topological polar surface area (TPSA) is 317 Å². The molecule has 8 atom stereocenters. The standard InChI is InChI=1S/C30H30F2N6O3S.C27H27F2N7OS.C27H26F2N6OS/c1-18(39)7-6-14-42(40,41)16-25-33-17-38(37-25)26-11-5-10-24(34-26)30-13-12-20(29(30,2)3)19-15-23(35-36-28(19)30)27-21(31)8-4-9-22(27)32;1-26(2)16-8-11-27(26,23-15(16)14-19(33-35-23)22-17(28)6-5-7-18(22)29)20-9-12-30-24(31-20)25-32-21(34-36-25)10-13-38(3,4)37;1-26(2)18-8-10-27(26,24-17(18)12-21(33-34-24)23-19(28)6-5-7-20(23)29)22-9-11-30-25(32-22)16-13-31-35(14-16)15-37(3,4)36/h4-5,8-11,15,17,20H,6-7,12-14,16H2,1-3H3;5-7,9,12,14,16H,3,8,10-11,13H2,1-2,4H3,(H,32,34,36);5-7,9,11-14,18H,3,8,10,15H2,1-2,4H3/t20-,30-;16-,27-,38?;18-,27-,37?/m000/s1. The summed E-state index contributed by atoms with van der Waals surface area (Å²) in [6, 6.07) is 26.0. The number of nitrogens with one attached hydrogen (secondary N) is 1. The number of rotatable bonds is 20. The summed E-state index contributed by atoms with van der Waals surface area (Å²) in [5.74, 6) is 6.26. The van der Waals surface area contributed by atoms with Crippen molar-refractivity contribution in [1.82, 2.24) is 95.2 Å². The Balaban J connectivity index is 0.000000132. The fourth-order valence-electron chi connectivity index (χ4n) is 19.4. The van der Waals surface area contributed by atoms with E-state index in [1.807, 2.05) is 24.3 Å². The van der Waals surface area contributed by atoms with Crippen LogP contribution in [0.2, 0.25) is 0 Å². The van der Waals surface area contributed by atoms with E-state index in [4.69, 9.17) is 15.0 Å². The summed E-state index contributed by atoms with van der Waals surface area (Å²) in [6.07, 6.45) is 17.5. The molecule has 33 heteroatoms. The highest BCUT2D eigenvalue weighted by molar-refractivity contribution is 7.99. The quantitative estimate of drug-likeness (QED) is 0.0547. The third kappa shape index (κ3) is 13.7. The summed E-state index contributed by atoms with van der Waals surface area (Å²) in [7, 11) is -7.88. The van der Waals surface area contributed by atoms with E-state index in [0.29, 0.717) is 46.9 Å². The number of fused-ring (bicyclic) bond motifs is 15. The van der Waals surface area contributed by atoms with Crippen LogP contribution in [0.3, 0.4) is 0 Å². The van der Waals surface area contributed by atoms with Gasteiger partial charge in [0.15, 0.2) is 33.1 Å². The minimum absolute atomic E-state index is 0.0508. The van der Waals surface area contributed by atoms with Crippen molar-refractivity contribution >= 4 is 46.4 Å². The van der Waals surface area contributed by atoms with E-state index in [9.17, 15) is 48.0 Å². The number of hydrogen-bond acceptors (Lipinski definition) is 21. The second-order valence-electron chi connectivity index (χ2n) is 33.3. The van der Waals surface area contributed by atoms with Crippen molar-refractivity contribution in [2.75, 3.05) is 24.0 Å². The predicted molar refractivity (Wildman–Crippen MR) is 430 cm³/mol. The lowest BCUT2D eigenvalue weighted by molar-refractivity contribution is -0.117. The van der Waals surface area contributed by atoms with Crippen LogP contribution in [0.4, 0.5) is 26.3 Å². The van der Waals surface area contributed by atoms with Crippen molar-refractivity contribution in [3.05, 3.63) is 232 Å². The monoisotopic (exact) mass is 1650 g/mol. The molecule has 3 aromatic carbocycles. The molecule has 2 unspecified atom stereocenters. The van der Waals surface area contributed by atoms with Gasteiger partial charge >= 0.3 is 0 Å². The van der Waals surface area contributed by atoms with Crippen LogP contribution in [-0.4, -0.2) is 154 Å². The molecule has 12 aromatic rings. The Bertz CT molecular complexity index is 6320. The fraction of sp³-hybridized carbons (Fsp3) is 0.369. The number of halogens is 6. The second-order valence-corrected chi connectivity index (χ2v) is 40.9. The zero-order valence-corrected chi connectivity index (χ0v) is 68.1. The van der Waals surface area contributed by atoms with Crippen molar-refractivity contribution in [3.8, 4) is 62.6 Å². The van der Waals surface area contributed by atoms with E-state index < -0.39 is 80.0 Å². The number of aromatic nitrogens is 19. The zero-order valence-electron chi connectivity index (χ0n) is 65.6. The summed E-state index contributed by atoms with van der Waals surface area (Å²) >= 11 is 0. The number of Topliss-reactive ketones (excluding diaryl/α,β-unsaturated/α-hetero) is 1. The number of hydrogen-bond donors (Lipinski definition) is 1. The Hall–Kier alpha value is -11.1. The van der Waals surface area contributed by atoms with Gasteiger partial charge in [-0.05, 0) is 212 Å². The number of ketones is 1. The number of aryl methyl sites for hydroxylation is 1. The normalized spacial score (nSPS) is 22.1. The highest BCUT2D eigenvalue weighted by Crippen LogP contribution is 2.72. The molecule has 6 aliphatic carbocycles. The Labute approximate surface area is 672 Å². The molecule has 24 nitrogen and oxygen atoms in total. The molecule has 1 N–H and O–H groups in total. The zero-order chi connectivity index (χ0) is 82.9. The number of pyridine rings is 1. The number of carbonyl (C=O) groups excluding carboxylic acids is 1. The summed E-state index contributed by atoms with van der Waals surface area (Å²) in [4.78, 5) is 43.6. The van der Waals surface area contributed by atoms with Crippen molar-refractivity contribution in [3.63, 3.8) is 0 Å². The average molecular weight is 1650 g/mol. The average Bonchev–Trinajstić information content (AvgIpc) is 1.53. The Kier molecular flexibility index (Phi) is 19.9. The lowest BCUT2D eigenvalue weighted by atomic mass is 9.66. The first kappa shape index (κ1) is 79.8.